The van der Waals surface area contributed by atoms with Gasteiger partial charge in [0.05, 0.1) is 7.11 Å². The molecule has 1 rings (SSSR count). The van der Waals surface area contributed by atoms with Crippen LogP contribution in [0.15, 0.2) is 18.2 Å². The van der Waals surface area contributed by atoms with E-state index in [0.717, 1.165) is 24.2 Å². The molecule has 0 radical (unpaired) electrons. The van der Waals surface area contributed by atoms with Gasteiger partial charge in [-0.1, -0.05) is 13.3 Å². The van der Waals surface area contributed by atoms with Gasteiger partial charge in [-0.2, -0.15) is 0 Å². The fraction of sp³-hybridized carbons (Fsp3) is 0.400. The molecule has 1 N–H and O–H groups in total. The molecule has 0 aliphatic rings. The van der Waals surface area contributed by atoms with Crippen LogP contribution in [0.3, 0.4) is 0 Å². The second-order valence-corrected chi connectivity index (χ2v) is 2.74. The Bertz CT molecular complexity index is 256. The standard InChI is InChI=1S/C10H14O2/c1-3-4-8-7-9(12-2)5-6-10(8)11/h5-7,11H,3-4H2,1-2H3. The summed E-state index contributed by atoms with van der Waals surface area (Å²) in [6.07, 6.45) is 1.92. The summed E-state index contributed by atoms with van der Waals surface area (Å²) in [5, 5.41) is 9.41. The Balaban J connectivity index is 2.91. The van der Waals surface area contributed by atoms with Gasteiger partial charge in [0.25, 0.3) is 0 Å². The number of aromatic hydroxyl groups is 1. The van der Waals surface area contributed by atoms with Crippen LogP contribution in [0, 0.1) is 0 Å². The second-order valence-electron chi connectivity index (χ2n) is 2.74. The molecule has 0 unspecified atom stereocenters. The van der Waals surface area contributed by atoms with Gasteiger partial charge in [0.1, 0.15) is 11.5 Å². The largest absolute Gasteiger partial charge is 0.508 e. The molecule has 0 spiro atoms. The molecule has 12 heavy (non-hydrogen) atoms. The van der Waals surface area contributed by atoms with E-state index in [9.17, 15) is 5.11 Å². The van der Waals surface area contributed by atoms with E-state index in [1.807, 2.05) is 6.07 Å². The van der Waals surface area contributed by atoms with Crippen LogP contribution < -0.4 is 4.74 Å². The molecule has 0 heterocycles. The SMILES string of the molecule is CCCc1cc(OC)ccc1O. The fourth-order valence-corrected chi connectivity index (χ4v) is 1.16. The number of ether oxygens (including phenoxy) is 1. The first-order valence-corrected chi connectivity index (χ1v) is 4.13. The van der Waals surface area contributed by atoms with E-state index in [1.165, 1.54) is 0 Å². The summed E-state index contributed by atoms with van der Waals surface area (Å²) in [4.78, 5) is 0. The van der Waals surface area contributed by atoms with Gasteiger partial charge in [-0.25, -0.2) is 0 Å². The van der Waals surface area contributed by atoms with Crippen molar-refractivity contribution in [3.63, 3.8) is 0 Å². The molecule has 66 valence electrons. The summed E-state index contributed by atoms with van der Waals surface area (Å²) >= 11 is 0. The lowest BCUT2D eigenvalue weighted by atomic mass is 10.1. The summed E-state index contributed by atoms with van der Waals surface area (Å²) in [5.41, 5.74) is 0.955. The van der Waals surface area contributed by atoms with Crippen molar-refractivity contribution in [2.24, 2.45) is 0 Å². The van der Waals surface area contributed by atoms with Crippen molar-refractivity contribution in [2.45, 2.75) is 19.8 Å². The summed E-state index contributed by atoms with van der Waals surface area (Å²) in [6.45, 7) is 2.08. The van der Waals surface area contributed by atoms with Crippen LogP contribution in [-0.2, 0) is 6.42 Å². The van der Waals surface area contributed by atoms with Crippen LogP contribution in [0.1, 0.15) is 18.9 Å². The lowest BCUT2D eigenvalue weighted by Gasteiger charge is -2.05. The van der Waals surface area contributed by atoms with Crippen LogP contribution in [0.4, 0.5) is 0 Å². The maximum Gasteiger partial charge on any atom is 0.119 e. The maximum absolute atomic E-state index is 9.41. The van der Waals surface area contributed by atoms with E-state index < -0.39 is 0 Å². The fourth-order valence-electron chi connectivity index (χ4n) is 1.16. The van der Waals surface area contributed by atoms with E-state index in [-0.39, 0.29) is 0 Å². The number of methoxy groups -OCH3 is 1. The van der Waals surface area contributed by atoms with Crippen molar-refractivity contribution in [1.82, 2.24) is 0 Å². The zero-order valence-corrected chi connectivity index (χ0v) is 7.50. The van der Waals surface area contributed by atoms with Gasteiger partial charge in [0.2, 0.25) is 0 Å². The van der Waals surface area contributed by atoms with E-state index >= 15 is 0 Å². The lowest BCUT2D eigenvalue weighted by molar-refractivity contribution is 0.410. The smallest absolute Gasteiger partial charge is 0.119 e. The first-order chi connectivity index (χ1) is 5.77. The van der Waals surface area contributed by atoms with Crippen molar-refractivity contribution >= 4 is 0 Å². The Morgan fingerprint density at radius 2 is 2.17 bits per heavy atom. The summed E-state index contributed by atoms with van der Waals surface area (Å²) < 4.78 is 5.05. The molecule has 0 aliphatic heterocycles. The van der Waals surface area contributed by atoms with Crippen molar-refractivity contribution in [3.05, 3.63) is 23.8 Å². The highest BCUT2D eigenvalue weighted by Crippen LogP contribution is 2.23. The summed E-state index contributed by atoms with van der Waals surface area (Å²) in [6, 6.07) is 5.30. The molecule has 1 aromatic rings. The first-order valence-electron chi connectivity index (χ1n) is 4.13. The Morgan fingerprint density at radius 1 is 1.42 bits per heavy atom. The number of rotatable bonds is 3. The minimum Gasteiger partial charge on any atom is -0.508 e. The number of benzene rings is 1. The molecule has 0 bridgehead atoms. The molecule has 0 aliphatic carbocycles. The minimum absolute atomic E-state index is 0.359. The predicted octanol–water partition coefficient (Wildman–Crippen LogP) is 2.35. The van der Waals surface area contributed by atoms with Gasteiger partial charge in [0.15, 0.2) is 0 Å². The Labute approximate surface area is 72.8 Å². The van der Waals surface area contributed by atoms with Crippen LogP contribution in [0.25, 0.3) is 0 Å². The Morgan fingerprint density at radius 3 is 2.75 bits per heavy atom. The van der Waals surface area contributed by atoms with Crippen LogP contribution in [0.5, 0.6) is 11.5 Å². The highest BCUT2D eigenvalue weighted by molar-refractivity contribution is 5.39. The average Bonchev–Trinajstić information content (AvgIpc) is 2.09. The number of phenols is 1. The van der Waals surface area contributed by atoms with Crippen molar-refractivity contribution in [3.8, 4) is 11.5 Å². The minimum atomic E-state index is 0.359. The highest BCUT2D eigenvalue weighted by atomic mass is 16.5. The normalized spacial score (nSPS) is 9.83. The molecule has 0 saturated carbocycles. The zero-order chi connectivity index (χ0) is 8.97. The molecule has 0 amide bonds. The molecule has 2 nitrogen and oxygen atoms in total. The monoisotopic (exact) mass is 166 g/mol. The van der Waals surface area contributed by atoms with Crippen LogP contribution in [-0.4, -0.2) is 12.2 Å². The maximum atomic E-state index is 9.41. The topological polar surface area (TPSA) is 29.5 Å². The molecule has 0 fully saturated rings. The van der Waals surface area contributed by atoms with E-state index in [1.54, 1.807) is 19.2 Å². The quantitative estimate of drug-likeness (QED) is 0.746. The Kier molecular flexibility index (Phi) is 2.97. The lowest BCUT2D eigenvalue weighted by Crippen LogP contribution is -1.87. The summed E-state index contributed by atoms with van der Waals surface area (Å²) in [5.74, 6) is 1.16. The third-order valence-corrected chi connectivity index (χ3v) is 1.81. The molecular formula is C10H14O2. The third-order valence-electron chi connectivity index (χ3n) is 1.81. The van der Waals surface area contributed by atoms with E-state index in [4.69, 9.17) is 4.74 Å². The van der Waals surface area contributed by atoms with Gasteiger partial charge >= 0.3 is 0 Å². The van der Waals surface area contributed by atoms with Crippen LogP contribution >= 0.6 is 0 Å². The van der Waals surface area contributed by atoms with Gasteiger partial charge in [-0.3, -0.25) is 0 Å². The van der Waals surface area contributed by atoms with Gasteiger partial charge in [0, 0.05) is 0 Å². The van der Waals surface area contributed by atoms with Gasteiger partial charge < -0.3 is 9.84 Å². The average molecular weight is 166 g/mol. The van der Waals surface area contributed by atoms with Crippen molar-refractivity contribution in [1.29, 1.82) is 0 Å². The molecule has 1 aromatic carbocycles. The molecular weight excluding hydrogens is 152 g/mol. The van der Waals surface area contributed by atoms with E-state index in [2.05, 4.69) is 6.92 Å². The zero-order valence-electron chi connectivity index (χ0n) is 7.50. The highest BCUT2D eigenvalue weighted by Gasteiger charge is 2.00. The second kappa shape index (κ2) is 4.00. The predicted molar refractivity (Wildman–Crippen MR) is 48.7 cm³/mol. The molecule has 2 heteroatoms. The molecule has 0 atom stereocenters. The number of phenolic OH excluding ortho intramolecular Hbond substituents is 1. The van der Waals surface area contributed by atoms with Crippen molar-refractivity contribution in [2.75, 3.05) is 7.11 Å². The van der Waals surface area contributed by atoms with E-state index in [0.29, 0.717) is 5.75 Å². The van der Waals surface area contributed by atoms with Gasteiger partial charge in [-0.15, -0.1) is 0 Å². The number of hydrogen-bond acceptors (Lipinski definition) is 2. The Hall–Kier alpha value is -1.18. The number of aryl methyl sites for hydroxylation is 1. The van der Waals surface area contributed by atoms with Crippen molar-refractivity contribution < 1.29 is 9.84 Å². The molecule has 0 aromatic heterocycles. The summed E-state index contributed by atoms with van der Waals surface area (Å²) in [7, 11) is 1.63. The van der Waals surface area contributed by atoms with Gasteiger partial charge in [-0.05, 0) is 30.2 Å². The molecule has 0 saturated heterocycles. The third kappa shape index (κ3) is 1.91. The first kappa shape index (κ1) is 8.91. The number of hydrogen-bond donors (Lipinski definition) is 1. The van der Waals surface area contributed by atoms with Crippen LogP contribution in [0.2, 0.25) is 0 Å².